The van der Waals surface area contributed by atoms with Gasteiger partial charge >= 0.3 is 0 Å². The fraction of sp³-hybridized carbons (Fsp3) is 0.258. The Bertz CT molecular complexity index is 1270. The number of aromatic hydroxyl groups is 1. The normalized spacial score (nSPS) is 12.3. The van der Waals surface area contributed by atoms with E-state index < -0.39 is 6.04 Å². The summed E-state index contributed by atoms with van der Waals surface area (Å²) in [4.78, 5) is 13.0. The number of carbonyl (C=O) groups excluding carboxylic acids is 1. The van der Waals surface area contributed by atoms with Gasteiger partial charge in [0.05, 0.1) is 12.6 Å². The summed E-state index contributed by atoms with van der Waals surface area (Å²) in [6.45, 7) is 7.00. The zero-order valence-electron chi connectivity index (χ0n) is 20.6. The molecule has 0 aliphatic heterocycles. The summed E-state index contributed by atoms with van der Waals surface area (Å²) in [6.07, 6.45) is 0.921. The van der Waals surface area contributed by atoms with Crippen molar-refractivity contribution in [3.05, 3.63) is 108 Å². The highest BCUT2D eigenvalue weighted by molar-refractivity contribution is 5.89. The van der Waals surface area contributed by atoms with E-state index in [0.29, 0.717) is 25.0 Å². The minimum absolute atomic E-state index is 0.0853. The van der Waals surface area contributed by atoms with Crippen molar-refractivity contribution in [2.45, 2.75) is 45.1 Å². The molecule has 35 heavy (non-hydrogen) atoms. The molecule has 4 nitrogen and oxygen atoms in total. The second kappa shape index (κ2) is 10.6. The highest BCUT2D eigenvalue weighted by Gasteiger charge is 2.22. The third-order valence-electron chi connectivity index (χ3n) is 6.21. The number of nitrogens with one attached hydrogen (secondary N) is 1. The highest BCUT2D eigenvalue weighted by atomic mass is 16.5. The molecule has 0 aromatic heterocycles. The molecule has 0 saturated carbocycles. The molecule has 0 saturated heterocycles. The van der Waals surface area contributed by atoms with Crippen molar-refractivity contribution in [1.82, 2.24) is 5.32 Å². The molecule has 0 bridgehead atoms. The third-order valence-corrected chi connectivity index (χ3v) is 6.21. The van der Waals surface area contributed by atoms with Crippen molar-refractivity contribution in [1.29, 1.82) is 0 Å². The van der Waals surface area contributed by atoms with Gasteiger partial charge < -0.3 is 15.2 Å². The Labute approximate surface area is 207 Å². The van der Waals surface area contributed by atoms with Gasteiger partial charge in [-0.1, -0.05) is 93.6 Å². The standard InChI is InChI=1S/C31H33NO3/c1-31(2,3)24-16-18-25(19-17-24)35-21-9-14-28(34)32-30(23-11-5-4-6-12-23)29-26-13-8-7-10-22(26)15-20-27(29)33/h4-8,10-13,15-20,30,33H,9,14,21H2,1-3H3,(H,32,34). The molecular weight excluding hydrogens is 434 g/mol. The van der Waals surface area contributed by atoms with Gasteiger partial charge in [-0.2, -0.15) is 0 Å². The second-order valence-electron chi connectivity index (χ2n) is 9.86. The lowest BCUT2D eigenvalue weighted by atomic mass is 9.87. The van der Waals surface area contributed by atoms with E-state index in [9.17, 15) is 9.90 Å². The van der Waals surface area contributed by atoms with Gasteiger partial charge in [-0.15, -0.1) is 0 Å². The van der Waals surface area contributed by atoms with Gasteiger partial charge in [-0.3, -0.25) is 4.79 Å². The molecular formula is C31H33NO3. The lowest BCUT2D eigenvalue weighted by molar-refractivity contribution is -0.121. The van der Waals surface area contributed by atoms with E-state index in [-0.39, 0.29) is 17.1 Å². The molecule has 0 radical (unpaired) electrons. The number of carbonyl (C=O) groups is 1. The molecule has 0 aliphatic carbocycles. The number of fused-ring (bicyclic) bond motifs is 1. The van der Waals surface area contributed by atoms with Crippen molar-refractivity contribution in [3.8, 4) is 11.5 Å². The van der Waals surface area contributed by atoms with E-state index in [2.05, 4.69) is 38.2 Å². The molecule has 4 heteroatoms. The maximum absolute atomic E-state index is 13.0. The first-order valence-electron chi connectivity index (χ1n) is 12.1. The number of amides is 1. The fourth-order valence-electron chi connectivity index (χ4n) is 4.26. The third kappa shape index (κ3) is 6.02. The molecule has 180 valence electrons. The van der Waals surface area contributed by atoms with Crippen LogP contribution in [0.2, 0.25) is 0 Å². The Balaban J connectivity index is 1.43. The monoisotopic (exact) mass is 467 g/mol. The van der Waals surface area contributed by atoms with Crippen LogP contribution < -0.4 is 10.1 Å². The Morgan fingerprint density at radius 2 is 1.57 bits per heavy atom. The van der Waals surface area contributed by atoms with Crippen LogP contribution in [-0.4, -0.2) is 17.6 Å². The first-order chi connectivity index (χ1) is 16.8. The SMILES string of the molecule is CC(C)(C)c1ccc(OCCCC(=O)NC(c2ccccc2)c2c(O)ccc3ccccc23)cc1. The van der Waals surface area contributed by atoms with E-state index in [1.54, 1.807) is 6.07 Å². The molecule has 4 rings (SSSR count). The van der Waals surface area contributed by atoms with Crippen LogP contribution in [0.25, 0.3) is 10.8 Å². The van der Waals surface area contributed by atoms with Crippen LogP contribution >= 0.6 is 0 Å². The lowest BCUT2D eigenvalue weighted by Gasteiger charge is -2.23. The van der Waals surface area contributed by atoms with Gasteiger partial charge in [-0.25, -0.2) is 0 Å². The summed E-state index contributed by atoms with van der Waals surface area (Å²) in [5, 5.41) is 15.9. The van der Waals surface area contributed by atoms with Crippen LogP contribution in [0.1, 0.15) is 56.3 Å². The number of hydrogen-bond acceptors (Lipinski definition) is 3. The minimum Gasteiger partial charge on any atom is -0.508 e. The van der Waals surface area contributed by atoms with Gasteiger partial charge in [0.15, 0.2) is 0 Å². The van der Waals surface area contributed by atoms with E-state index in [1.807, 2.05) is 72.8 Å². The topological polar surface area (TPSA) is 58.6 Å². The van der Waals surface area contributed by atoms with E-state index in [1.165, 1.54) is 5.56 Å². The number of ether oxygens (including phenoxy) is 1. The van der Waals surface area contributed by atoms with Crippen molar-refractivity contribution < 1.29 is 14.6 Å². The van der Waals surface area contributed by atoms with E-state index in [0.717, 1.165) is 22.1 Å². The average Bonchev–Trinajstić information content (AvgIpc) is 2.86. The van der Waals surface area contributed by atoms with Gasteiger partial charge in [0.1, 0.15) is 11.5 Å². The molecule has 1 unspecified atom stereocenters. The molecule has 1 atom stereocenters. The maximum atomic E-state index is 13.0. The first-order valence-corrected chi connectivity index (χ1v) is 12.1. The van der Waals surface area contributed by atoms with Crippen LogP contribution in [0.3, 0.4) is 0 Å². The molecule has 0 heterocycles. The van der Waals surface area contributed by atoms with Crippen LogP contribution in [0, 0.1) is 0 Å². The Morgan fingerprint density at radius 1 is 0.886 bits per heavy atom. The van der Waals surface area contributed by atoms with Gasteiger partial charge in [0.2, 0.25) is 5.91 Å². The Kier molecular flexibility index (Phi) is 7.40. The Hall–Kier alpha value is -3.79. The zero-order chi connectivity index (χ0) is 24.8. The lowest BCUT2D eigenvalue weighted by Crippen LogP contribution is -2.29. The van der Waals surface area contributed by atoms with Crippen molar-refractivity contribution in [2.24, 2.45) is 0 Å². The zero-order valence-corrected chi connectivity index (χ0v) is 20.6. The number of hydrogen-bond donors (Lipinski definition) is 2. The molecule has 1 amide bonds. The van der Waals surface area contributed by atoms with Gasteiger partial charge in [0, 0.05) is 12.0 Å². The van der Waals surface area contributed by atoms with Crippen LogP contribution in [-0.2, 0) is 10.2 Å². The second-order valence-corrected chi connectivity index (χ2v) is 9.86. The minimum atomic E-state index is -0.458. The number of phenols is 1. The number of rotatable bonds is 8. The van der Waals surface area contributed by atoms with Crippen LogP contribution in [0.4, 0.5) is 0 Å². The van der Waals surface area contributed by atoms with Crippen molar-refractivity contribution >= 4 is 16.7 Å². The summed E-state index contributed by atoms with van der Waals surface area (Å²) in [6, 6.07) is 28.9. The quantitative estimate of drug-likeness (QED) is 0.277. The van der Waals surface area contributed by atoms with Crippen molar-refractivity contribution in [2.75, 3.05) is 6.61 Å². The van der Waals surface area contributed by atoms with Crippen LogP contribution in [0.15, 0.2) is 91.0 Å². The Morgan fingerprint density at radius 3 is 2.29 bits per heavy atom. The summed E-state index contributed by atoms with van der Waals surface area (Å²) in [5.41, 5.74) is 2.98. The highest BCUT2D eigenvalue weighted by Crippen LogP contribution is 2.36. The summed E-state index contributed by atoms with van der Waals surface area (Å²) >= 11 is 0. The predicted molar refractivity (Wildman–Crippen MR) is 142 cm³/mol. The van der Waals surface area contributed by atoms with Gasteiger partial charge in [0.25, 0.3) is 0 Å². The van der Waals surface area contributed by atoms with Gasteiger partial charge in [-0.05, 0) is 51.9 Å². The first kappa shape index (κ1) is 24.3. The fourth-order valence-corrected chi connectivity index (χ4v) is 4.26. The van der Waals surface area contributed by atoms with Crippen molar-refractivity contribution in [3.63, 3.8) is 0 Å². The van der Waals surface area contributed by atoms with Crippen LogP contribution in [0.5, 0.6) is 11.5 Å². The molecule has 0 fully saturated rings. The molecule has 0 aliphatic rings. The number of phenolic OH excluding ortho intramolecular Hbond substituents is 1. The summed E-state index contributed by atoms with van der Waals surface area (Å²) < 4.78 is 5.86. The smallest absolute Gasteiger partial charge is 0.220 e. The van der Waals surface area contributed by atoms with E-state index >= 15 is 0 Å². The molecule has 2 N–H and O–H groups in total. The van der Waals surface area contributed by atoms with E-state index in [4.69, 9.17) is 4.74 Å². The predicted octanol–water partition coefficient (Wildman–Crippen LogP) is 6.91. The maximum Gasteiger partial charge on any atom is 0.220 e. The molecule has 4 aromatic rings. The summed E-state index contributed by atoms with van der Waals surface area (Å²) in [5.74, 6) is 0.888. The molecule has 0 spiro atoms. The molecule has 4 aromatic carbocycles. The largest absolute Gasteiger partial charge is 0.508 e. The summed E-state index contributed by atoms with van der Waals surface area (Å²) in [7, 11) is 0. The average molecular weight is 468 g/mol. The number of benzene rings is 4.